The first-order valence-electron chi connectivity index (χ1n) is 6.17. The number of para-hydroxylation sites is 2. The van der Waals surface area contributed by atoms with Crippen molar-refractivity contribution in [2.75, 3.05) is 13.1 Å². The van der Waals surface area contributed by atoms with E-state index < -0.39 is 5.76 Å². The lowest BCUT2D eigenvalue weighted by molar-refractivity contribution is -0.122. The summed E-state index contributed by atoms with van der Waals surface area (Å²) in [6.45, 7) is 1.94. The topological polar surface area (TPSA) is 93.3 Å². The molecule has 2 aromatic rings. The van der Waals surface area contributed by atoms with Crippen molar-refractivity contribution in [3.63, 3.8) is 0 Å². The van der Waals surface area contributed by atoms with E-state index in [2.05, 4.69) is 10.6 Å². The minimum absolute atomic E-state index is 0.115. The fourth-order valence-corrected chi connectivity index (χ4v) is 1.80. The lowest BCUT2D eigenvalue weighted by Gasteiger charge is -2.06. The second-order valence-corrected chi connectivity index (χ2v) is 4.25. The number of rotatable bonds is 5. The minimum Gasteiger partial charge on any atom is -0.408 e. The van der Waals surface area contributed by atoms with Crippen LogP contribution in [0.15, 0.2) is 33.5 Å². The highest BCUT2D eigenvalue weighted by molar-refractivity contribution is 5.79. The highest BCUT2D eigenvalue weighted by Crippen LogP contribution is 2.11. The number of benzene rings is 1. The summed E-state index contributed by atoms with van der Waals surface area (Å²) in [5.74, 6) is -1.04. The van der Waals surface area contributed by atoms with E-state index in [-0.39, 0.29) is 18.4 Å². The van der Waals surface area contributed by atoms with Crippen molar-refractivity contribution in [3.8, 4) is 0 Å². The Labute approximate surface area is 114 Å². The van der Waals surface area contributed by atoms with Gasteiger partial charge in [-0.2, -0.15) is 0 Å². The Morgan fingerprint density at radius 1 is 1.20 bits per heavy atom. The molecule has 2 amide bonds. The number of aromatic nitrogens is 1. The van der Waals surface area contributed by atoms with Crippen LogP contribution in [-0.4, -0.2) is 29.5 Å². The predicted octanol–water partition coefficient (Wildman–Crippen LogP) is -0.153. The maximum Gasteiger partial charge on any atom is 0.420 e. The molecule has 106 valence electrons. The van der Waals surface area contributed by atoms with E-state index in [1.165, 1.54) is 11.5 Å². The zero-order valence-corrected chi connectivity index (χ0v) is 11.0. The second kappa shape index (κ2) is 6.05. The molecule has 2 rings (SSSR count). The third-order valence-corrected chi connectivity index (χ3v) is 2.70. The van der Waals surface area contributed by atoms with Gasteiger partial charge >= 0.3 is 5.76 Å². The van der Waals surface area contributed by atoms with Gasteiger partial charge in [0, 0.05) is 20.0 Å². The van der Waals surface area contributed by atoms with E-state index in [0.717, 1.165) is 0 Å². The van der Waals surface area contributed by atoms with Crippen LogP contribution in [0.4, 0.5) is 0 Å². The SMILES string of the molecule is CC(=O)NCCNC(=O)Cn1c(=O)oc2ccccc21. The molecule has 20 heavy (non-hydrogen) atoms. The summed E-state index contributed by atoms with van der Waals surface area (Å²) in [5, 5.41) is 5.17. The van der Waals surface area contributed by atoms with Gasteiger partial charge in [-0.05, 0) is 12.1 Å². The smallest absolute Gasteiger partial charge is 0.408 e. The van der Waals surface area contributed by atoms with Gasteiger partial charge in [0.2, 0.25) is 11.8 Å². The van der Waals surface area contributed by atoms with E-state index in [9.17, 15) is 14.4 Å². The van der Waals surface area contributed by atoms with Crippen LogP contribution in [0.2, 0.25) is 0 Å². The van der Waals surface area contributed by atoms with Crippen molar-refractivity contribution in [2.24, 2.45) is 0 Å². The number of hydrogen-bond donors (Lipinski definition) is 2. The zero-order chi connectivity index (χ0) is 14.5. The van der Waals surface area contributed by atoms with Crippen LogP contribution in [0, 0.1) is 0 Å². The first kappa shape index (κ1) is 13.9. The minimum atomic E-state index is -0.566. The van der Waals surface area contributed by atoms with E-state index in [4.69, 9.17) is 4.42 Å². The Bertz CT molecular complexity index is 686. The van der Waals surface area contributed by atoms with Gasteiger partial charge in [-0.25, -0.2) is 4.79 Å². The molecule has 0 aliphatic heterocycles. The quantitative estimate of drug-likeness (QED) is 0.743. The Morgan fingerprint density at radius 3 is 2.65 bits per heavy atom. The molecule has 0 unspecified atom stereocenters. The molecule has 0 saturated heterocycles. The van der Waals surface area contributed by atoms with Crippen molar-refractivity contribution in [1.82, 2.24) is 15.2 Å². The summed E-state index contributed by atoms with van der Waals surface area (Å²) in [5.41, 5.74) is 1.03. The Hall–Kier alpha value is -2.57. The Kier molecular flexibility index (Phi) is 4.19. The maximum absolute atomic E-state index is 11.7. The van der Waals surface area contributed by atoms with Crippen molar-refractivity contribution < 1.29 is 14.0 Å². The summed E-state index contributed by atoms with van der Waals surface area (Å²) in [4.78, 5) is 34.0. The standard InChI is InChI=1S/C13H15N3O4/c1-9(17)14-6-7-15-12(18)8-16-10-4-2-3-5-11(10)20-13(16)19/h2-5H,6-8H2,1H3,(H,14,17)(H,15,18). The van der Waals surface area contributed by atoms with Crippen LogP contribution in [0.1, 0.15) is 6.92 Å². The number of oxazole rings is 1. The normalized spacial score (nSPS) is 10.4. The van der Waals surface area contributed by atoms with Crippen LogP contribution in [0.3, 0.4) is 0 Å². The van der Waals surface area contributed by atoms with Gasteiger partial charge in [0.1, 0.15) is 6.54 Å². The largest absolute Gasteiger partial charge is 0.420 e. The van der Waals surface area contributed by atoms with Gasteiger partial charge in [-0.1, -0.05) is 12.1 Å². The van der Waals surface area contributed by atoms with Crippen LogP contribution in [-0.2, 0) is 16.1 Å². The van der Waals surface area contributed by atoms with Crippen LogP contribution in [0.5, 0.6) is 0 Å². The monoisotopic (exact) mass is 277 g/mol. The van der Waals surface area contributed by atoms with E-state index >= 15 is 0 Å². The molecule has 0 aliphatic carbocycles. The lowest BCUT2D eigenvalue weighted by atomic mass is 10.3. The first-order chi connectivity index (χ1) is 9.58. The molecule has 0 bridgehead atoms. The fraction of sp³-hybridized carbons (Fsp3) is 0.308. The Morgan fingerprint density at radius 2 is 1.90 bits per heavy atom. The molecule has 7 heteroatoms. The van der Waals surface area contributed by atoms with E-state index in [0.29, 0.717) is 24.2 Å². The summed E-state index contributed by atoms with van der Waals surface area (Å²) in [7, 11) is 0. The molecule has 0 saturated carbocycles. The number of nitrogens with zero attached hydrogens (tertiary/aromatic N) is 1. The third kappa shape index (κ3) is 3.25. The van der Waals surface area contributed by atoms with Gasteiger partial charge < -0.3 is 15.1 Å². The summed E-state index contributed by atoms with van der Waals surface area (Å²) in [6.07, 6.45) is 0. The molecule has 0 radical (unpaired) electrons. The number of carbonyl (C=O) groups is 2. The summed E-state index contributed by atoms with van der Waals surface area (Å²) in [6, 6.07) is 6.90. The van der Waals surface area contributed by atoms with Gasteiger partial charge in [0.05, 0.1) is 5.52 Å². The van der Waals surface area contributed by atoms with Crippen LogP contribution < -0.4 is 16.4 Å². The molecule has 0 aliphatic rings. The van der Waals surface area contributed by atoms with Crippen molar-refractivity contribution in [2.45, 2.75) is 13.5 Å². The van der Waals surface area contributed by atoms with Gasteiger partial charge in [0.25, 0.3) is 0 Å². The average molecular weight is 277 g/mol. The highest BCUT2D eigenvalue weighted by Gasteiger charge is 2.11. The first-order valence-corrected chi connectivity index (χ1v) is 6.17. The molecule has 0 spiro atoms. The molecular weight excluding hydrogens is 262 g/mol. The van der Waals surface area contributed by atoms with Gasteiger partial charge in [-0.15, -0.1) is 0 Å². The zero-order valence-electron chi connectivity index (χ0n) is 11.0. The second-order valence-electron chi connectivity index (χ2n) is 4.25. The van der Waals surface area contributed by atoms with Crippen molar-refractivity contribution >= 4 is 22.9 Å². The number of fused-ring (bicyclic) bond motifs is 1. The fourth-order valence-electron chi connectivity index (χ4n) is 1.80. The maximum atomic E-state index is 11.7. The molecule has 1 heterocycles. The molecule has 0 atom stereocenters. The van der Waals surface area contributed by atoms with Crippen LogP contribution in [0.25, 0.3) is 11.1 Å². The summed E-state index contributed by atoms with van der Waals surface area (Å²) < 4.78 is 6.29. The highest BCUT2D eigenvalue weighted by atomic mass is 16.4. The van der Waals surface area contributed by atoms with E-state index in [1.807, 2.05) is 0 Å². The number of nitrogens with one attached hydrogen (secondary N) is 2. The molecule has 2 N–H and O–H groups in total. The van der Waals surface area contributed by atoms with Crippen molar-refractivity contribution in [3.05, 3.63) is 34.8 Å². The van der Waals surface area contributed by atoms with E-state index in [1.54, 1.807) is 24.3 Å². The van der Waals surface area contributed by atoms with Gasteiger partial charge in [0.15, 0.2) is 5.58 Å². The number of amides is 2. The van der Waals surface area contributed by atoms with Crippen molar-refractivity contribution in [1.29, 1.82) is 0 Å². The lowest BCUT2D eigenvalue weighted by Crippen LogP contribution is -2.36. The number of carbonyl (C=O) groups excluding carboxylic acids is 2. The molecule has 1 aromatic heterocycles. The van der Waals surface area contributed by atoms with Crippen LogP contribution >= 0.6 is 0 Å². The predicted molar refractivity (Wildman–Crippen MR) is 72.2 cm³/mol. The summed E-state index contributed by atoms with van der Waals surface area (Å²) >= 11 is 0. The number of hydrogen-bond acceptors (Lipinski definition) is 4. The average Bonchev–Trinajstić information content (AvgIpc) is 2.71. The molecule has 7 nitrogen and oxygen atoms in total. The third-order valence-electron chi connectivity index (χ3n) is 2.70. The Balaban J connectivity index is 1.98. The molecule has 0 fully saturated rings. The van der Waals surface area contributed by atoms with Gasteiger partial charge in [-0.3, -0.25) is 14.2 Å². The molecule has 1 aromatic carbocycles. The molecular formula is C13H15N3O4.